The van der Waals surface area contributed by atoms with E-state index in [-0.39, 0.29) is 17.0 Å². The van der Waals surface area contributed by atoms with Crippen molar-refractivity contribution in [1.29, 1.82) is 0 Å². The molecule has 1 unspecified atom stereocenters. The van der Waals surface area contributed by atoms with Crippen LogP contribution in [0.4, 0.5) is 15.2 Å². The topological polar surface area (TPSA) is 33.2 Å². The van der Waals surface area contributed by atoms with Crippen LogP contribution in [0.5, 0.6) is 0 Å². The van der Waals surface area contributed by atoms with E-state index < -0.39 is 0 Å². The fourth-order valence-electron chi connectivity index (χ4n) is 2.88. The summed E-state index contributed by atoms with van der Waals surface area (Å²) in [6.07, 6.45) is 0.958. The Morgan fingerprint density at radius 1 is 1.21 bits per heavy atom. The van der Waals surface area contributed by atoms with Crippen LogP contribution in [0.15, 0.2) is 53.9 Å². The molecule has 0 aliphatic rings. The minimum Gasteiger partial charge on any atom is -0.274 e. The molecule has 1 atom stereocenters. The Labute approximate surface area is 173 Å². The first-order valence-corrected chi connectivity index (χ1v) is 11.1. The molecule has 28 heavy (non-hydrogen) atoms. The van der Waals surface area contributed by atoms with Gasteiger partial charge < -0.3 is 0 Å². The lowest BCUT2D eigenvalue weighted by Crippen LogP contribution is -2.22. The summed E-state index contributed by atoms with van der Waals surface area (Å²) in [6.45, 7) is 5.64. The van der Waals surface area contributed by atoms with Crippen LogP contribution in [-0.2, 0) is 17.0 Å². The molecule has 0 saturated carbocycles. The van der Waals surface area contributed by atoms with Crippen molar-refractivity contribution in [3.8, 4) is 0 Å². The van der Waals surface area contributed by atoms with Gasteiger partial charge in [-0.1, -0.05) is 37.3 Å². The molecule has 0 N–H and O–H groups in total. The largest absolute Gasteiger partial charge is 0.274 e. The molecule has 0 bridgehead atoms. The Hall–Kier alpha value is -2.18. The van der Waals surface area contributed by atoms with Crippen molar-refractivity contribution in [1.82, 2.24) is 4.98 Å². The molecule has 0 fully saturated rings. The molecule has 1 aromatic heterocycles. The third-order valence-corrected chi connectivity index (χ3v) is 6.56. The molecule has 146 valence electrons. The summed E-state index contributed by atoms with van der Waals surface area (Å²) in [5, 5.41) is 2.65. The minimum atomic E-state index is -0.181. The zero-order valence-corrected chi connectivity index (χ0v) is 17.8. The Morgan fingerprint density at radius 2 is 1.93 bits per heavy atom. The van der Waals surface area contributed by atoms with Gasteiger partial charge >= 0.3 is 0 Å². The molecule has 0 saturated heterocycles. The molecule has 1 amide bonds. The Bertz CT molecular complexity index is 940. The number of halogens is 1. The fourth-order valence-corrected chi connectivity index (χ4v) is 4.81. The highest BCUT2D eigenvalue weighted by molar-refractivity contribution is 7.98. The summed E-state index contributed by atoms with van der Waals surface area (Å²) in [5.41, 5.74) is 3.64. The van der Waals surface area contributed by atoms with E-state index in [1.54, 1.807) is 29.7 Å². The van der Waals surface area contributed by atoms with E-state index in [0.717, 1.165) is 17.8 Å². The number of carbonyl (C=O) groups is 1. The summed E-state index contributed by atoms with van der Waals surface area (Å²) in [5.74, 6) is 0.407. The Morgan fingerprint density at radius 3 is 2.57 bits per heavy atom. The van der Waals surface area contributed by atoms with Crippen LogP contribution in [-0.4, -0.2) is 10.9 Å². The molecule has 0 radical (unpaired) electrons. The number of nitrogens with zero attached hydrogens (tertiary/aromatic N) is 2. The Kier molecular flexibility index (Phi) is 6.86. The molecule has 0 aliphatic carbocycles. The van der Waals surface area contributed by atoms with Crippen molar-refractivity contribution in [3.63, 3.8) is 0 Å². The molecular formula is C22H23FN2OS2. The second-order valence-electron chi connectivity index (χ2n) is 6.47. The SMILES string of the molecule is CCc1ccc(N(C(C)=O)c2nc(CSC(C)c3ccccc3F)cs2)cc1. The fraction of sp³-hybridized carbons (Fsp3) is 0.273. The van der Waals surface area contributed by atoms with Gasteiger partial charge in [0.05, 0.1) is 11.4 Å². The smallest absolute Gasteiger partial charge is 0.230 e. The lowest BCUT2D eigenvalue weighted by Gasteiger charge is -2.18. The maximum Gasteiger partial charge on any atom is 0.230 e. The second-order valence-corrected chi connectivity index (χ2v) is 8.64. The molecule has 3 nitrogen and oxygen atoms in total. The van der Waals surface area contributed by atoms with E-state index in [9.17, 15) is 9.18 Å². The Balaban J connectivity index is 1.72. The van der Waals surface area contributed by atoms with Crippen molar-refractivity contribution in [2.75, 3.05) is 4.90 Å². The van der Waals surface area contributed by atoms with Crippen LogP contribution >= 0.6 is 23.1 Å². The average molecular weight is 415 g/mol. The maximum absolute atomic E-state index is 13.9. The van der Waals surface area contributed by atoms with Crippen LogP contribution in [0.1, 0.15) is 42.8 Å². The molecule has 0 spiro atoms. The number of aromatic nitrogens is 1. The highest BCUT2D eigenvalue weighted by Gasteiger charge is 2.18. The van der Waals surface area contributed by atoms with Gasteiger partial charge in [-0.05, 0) is 37.1 Å². The zero-order valence-electron chi connectivity index (χ0n) is 16.2. The number of aryl methyl sites for hydroxylation is 1. The number of rotatable bonds is 7. The molecule has 0 aliphatic heterocycles. The number of hydrogen-bond acceptors (Lipinski definition) is 4. The van der Waals surface area contributed by atoms with Gasteiger partial charge in [-0.25, -0.2) is 9.37 Å². The number of anilines is 2. The lowest BCUT2D eigenvalue weighted by atomic mass is 10.1. The predicted octanol–water partition coefficient (Wildman–Crippen LogP) is 6.52. The van der Waals surface area contributed by atoms with Crippen molar-refractivity contribution in [2.45, 2.75) is 38.2 Å². The summed E-state index contributed by atoms with van der Waals surface area (Å²) in [6, 6.07) is 14.8. The van der Waals surface area contributed by atoms with Crippen LogP contribution in [0.2, 0.25) is 0 Å². The normalized spacial score (nSPS) is 12.0. The number of thiazole rings is 1. The molecule has 1 heterocycles. The highest BCUT2D eigenvalue weighted by atomic mass is 32.2. The number of carbonyl (C=O) groups excluding carboxylic acids is 1. The summed E-state index contributed by atoms with van der Waals surface area (Å²) in [4.78, 5) is 18.5. The van der Waals surface area contributed by atoms with Gasteiger partial charge in [-0.3, -0.25) is 9.69 Å². The molecular weight excluding hydrogens is 391 g/mol. The standard InChI is InChI=1S/C22H23FN2OS2/c1-4-17-9-11-19(12-10-17)25(16(3)26)22-24-18(14-28-22)13-27-15(2)20-7-5-6-8-21(20)23/h5-12,14-15H,4,13H2,1-3H3. The average Bonchev–Trinajstić information content (AvgIpc) is 3.15. The van der Waals surface area contributed by atoms with Gasteiger partial charge in [0.15, 0.2) is 5.13 Å². The number of thioether (sulfide) groups is 1. The first-order chi connectivity index (χ1) is 13.5. The molecule has 2 aromatic carbocycles. The lowest BCUT2D eigenvalue weighted by molar-refractivity contribution is -0.115. The number of benzene rings is 2. The molecule has 3 aromatic rings. The molecule has 6 heteroatoms. The van der Waals surface area contributed by atoms with Crippen molar-refractivity contribution >= 4 is 39.8 Å². The monoisotopic (exact) mass is 414 g/mol. The van der Waals surface area contributed by atoms with Crippen LogP contribution in [0.25, 0.3) is 0 Å². The van der Waals surface area contributed by atoms with E-state index in [1.807, 2.05) is 48.7 Å². The maximum atomic E-state index is 13.9. The number of amides is 1. The van der Waals surface area contributed by atoms with E-state index >= 15 is 0 Å². The van der Waals surface area contributed by atoms with E-state index in [0.29, 0.717) is 16.4 Å². The summed E-state index contributed by atoms with van der Waals surface area (Å²) >= 11 is 3.08. The predicted molar refractivity (Wildman–Crippen MR) is 117 cm³/mol. The minimum absolute atomic E-state index is 0.0249. The van der Waals surface area contributed by atoms with Crippen LogP contribution in [0, 0.1) is 5.82 Å². The highest BCUT2D eigenvalue weighted by Crippen LogP contribution is 2.35. The van der Waals surface area contributed by atoms with Gasteiger partial charge in [0, 0.05) is 28.9 Å². The first kappa shape index (κ1) is 20.6. The van der Waals surface area contributed by atoms with Crippen molar-refractivity contribution in [3.05, 3.63) is 76.5 Å². The third kappa shape index (κ3) is 4.80. The summed E-state index contributed by atoms with van der Waals surface area (Å²) < 4.78 is 13.9. The van der Waals surface area contributed by atoms with Crippen molar-refractivity contribution < 1.29 is 9.18 Å². The zero-order chi connectivity index (χ0) is 20.1. The van der Waals surface area contributed by atoms with Crippen molar-refractivity contribution in [2.24, 2.45) is 0 Å². The van der Waals surface area contributed by atoms with E-state index in [4.69, 9.17) is 0 Å². The van der Waals surface area contributed by atoms with Gasteiger partial charge in [-0.15, -0.1) is 23.1 Å². The van der Waals surface area contributed by atoms with Gasteiger partial charge in [-0.2, -0.15) is 0 Å². The van der Waals surface area contributed by atoms with E-state index in [1.165, 1.54) is 23.0 Å². The van der Waals surface area contributed by atoms with Gasteiger partial charge in [0.1, 0.15) is 5.82 Å². The van der Waals surface area contributed by atoms with Crippen LogP contribution in [0.3, 0.4) is 0 Å². The third-order valence-electron chi connectivity index (χ3n) is 4.47. The number of hydrogen-bond donors (Lipinski definition) is 0. The molecule has 3 rings (SSSR count). The van der Waals surface area contributed by atoms with Gasteiger partial charge in [0.2, 0.25) is 5.91 Å². The first-order valence-electron chi connectivity index (χ1n) is 9.19. The quantitative estimate of drug-likeness (QED) is 0.441. The summed E-state index contributed by atoms with van der Waals surface area (Å²) in [7, 11) is 0. The van der Waals surface area contributed by atoms with E-state index in [2.05, 4.69) is 11.9 Å². The van der Waals surface area contributed by atoms with Crippen LogP contribution < -0.4 is 4.90 Å². The second kappa shape index (κ2) is 9.34. The van der Waals surface area contributed by atoms with Gasteiger partial charge in [0.25, 0.3) is 0 Å².